The summed E-state index contributed by atoms with van der Waals surface area (Å²) in [7, 11) is 0. The van der Waals surface area contributed by atoms with Crippen LogP contribution in [-0.2, 0) is 0 Å². The van der Waals surface area contributed by atoms with E-state index in [-0.39, 0.29) is 5.95 Å². The number of benzene rings is 1. The quantitative estimate of drug-likeness (QED) is 0.865. The fourth-order valence-corrected chi connectivity index (χ4v) is 1.60. The topological polar surface area (TPSA) is 96.8 Å². The molecule has 0 aliphatic heterocycles. The summed E-state index contributed by atoms with van der Waals surface area (Å²) in [5, 5.41) is 12.1. The standard InChI is InChI=1S/C14H15N5O/c1-2-7-17-12-8-13(19-14(16)18-12)20-11-6-4-3-5-10(11)9-15/h3-6,8H,2,7H2,1H3,(H3,16,17,18,19). The van der Waals surface area contributed by atoms with Gasteiger partial charge >= 0.3 is 0 Å². The molecule has 0 saturated carbocycles. The third kappa shape index (κ3) is 3.36. The number of anilines is 2. The molecule has 1 heterocycles. The van der Waals surface area contributed by atoms with Gasteiger partial charge in [-0.1, -0.05) is 19.1 Å². The van der Waals surface area contributed by atoms with Gasteiger partial charge in [-0.15, -0.1) is 0 Å². The van der Waals surface area contributed by atoms with E-state index in [2.05, 4.69) is 28.3 Å². The van der Waals surface area contributed by atoms with Crippen LogP contribution in [-0.4, -0.2) is 16.5 Å². The highest BCUT2D eigenvalue weighted by Gasteiger charge is 2.07. The number of para-hydroxylation sites is 1. The Morgan fingerprint density at radius 1 is 1.35 bits per heavy atom. The first-order valence-corrected chi connectivity index (χ1v) is 6.28. The first kappa shape index (κ1) is 13.6. The Bertz CT molecular complexity index is 636. The summed E-state index contributed by atoms with van der Waals surface area (Å²) < 4.78 is 5.61. The fourth-order valence-electron chi connectivity index (χ4n) is 1.60. The molecule has 1 aromatic heterocycles. The first-order valence-electron chi connectivity index (χ1n) is 6.28. The summed E-state index contributed by atoms with van der Waals surface area (Å²) in [6, 6.07) is 10.7. The molecule has 0 bridgehead atoms. The van der Waals surface area contributed by atoms with Crippen LogP contribution >= 0.6 is 0 Å². The Balaban J connectivity index is 2.25. The Kier molecular flexibility index (Phi) is 4.35. The normalized spacial score (nSPS) is 9.80. The molecule has 6 nitrogen and oxygen atoms in total. The van der Waals surface area contributed by atoms with Crippen molar-refractivity contribution in [3.05, 3.63) is 35.9 Å². The minimum Gasteiger partial charge on any atom is -0.437 e. The monoisotopic (exact) mass is 269 g/mol. The van der Waals surface area contributed by atoms with Crippen molar-refractivity contribution in [1.29, 1.82) is 5.26 Å². The highest BCUT2D eigenvalue weighted by molar-refractivity contribution is 5.47. The number of ether oxygens (including phenoxy) is 1. The van der Waals surface area contributed by atoms with Gasteiger partial charge in [0.25, 0.3) is 0 Å². The van der Waals surface area contributed by atoms with Crippen LogP contribution in [0.2, 0.25) is 0 Å². The van der Waals surface area contributed by atoms with Gasteiger partial charge in [-0.2, -0.15) is 15.2 Å². The molecule has 0 amide bonds. The van der Waals surface area contributed by atoms with Gasteiger partial charge < -0.3 is 15.8 Å². The number of nitriles is 1. The van der Waals surface area contributed by atoms with Crippen LogP contribution in [0.3, 0.4) is 0 Å². The van der Waals surface area contributed by atoms with Crippen LogP contribution in [0, 0.1) is 11.3 Å². The summed E-state index contributed by atoms with van der Waals surface area (Å²) >= 11 is 0. The highest BCUT2D eigenvalue weighted by Crippen LogP contribution is 2.25. The van der Waals surface area contributed by atoms with Gasteiger partial charge in [0.1, 0.15) is 17.6 Å². The largest absolute Gasteiger partial charge is 0.437 e. The van der Waals surface area contributed by atoms with Crippen molar-refractivity contribution < 1.29 is 4.74 Å². The van der Waals surface area contributed by atoms with Crippen LogP contribution < -0.4 is 15.8 Å². The van der Waals surface area contributed by atoms with Crippen LogP contribution in [0.25, 0.3) is 0 Å². The van der Waals surface area contributed by atoms with Crippen molar-refractivity contribution in [2.45, 2.75) is 13.3 Å². The van der Waals surface area contributed by atoms with E-state index in [1.165, 1.54) is 0 Å². The molecule has 2 rings (SSSR count). The number of hydrogen-bond acceptors (Lipinski definition) is 6. The van der Waals surface area contributed by atoms with Crippen molar-refractivity contribution in [1.82, 2.24) is 9.97 Å². The maximum Gasteiger partial charge on any atom is 0.226 e. The molecular weight excluding hydrogens is 254 g/mol. The zero-order chi connectivity index (χ0) is 14.4. The number of nitrogens with two attached hydrogens (primary N) is 1. The Labute approximate surface area is 117 Å². The van der Waals surface area contributed by atoms with Crippen molar-refractivity contribution >= 4 is 11.8 Å². The molecule has 3 N–H and O–H groups in total. The fraction of sp³-hybridized carbons (Fsp3) is 0.214. The third-order valence-electron chi connectivity index (χ3n) is 2.50. The lowest BCUT2D eigenvalue weighted by molar-refractivity contribution is 0.461. The van der Waals surface area contributed by atoms with E-state index in [1.807, 2.05) is 0 Å². The van der Waals surface area contributed by atoms with Crippen molar-refractivity contribution in [2.75, 3.05) is 17.6 Å². The van der Waals surface area contributed by atoms with Crippen molar-refractivity contribution in [3.8, 4) is 17.7 Å². The number of nitrogen functional groups attached to an aromatic ring is 1. The van der Waals surface area contributed by atoms with Crippen LogP contribution in [0.1, 0.15) is 18.9 Å². The van der Waals surface area contributed by atoms with Gasteiger partial charge in [0.15, 0.2) is 0 Å². The molecule has 6 heteroatoms. The van der Waals surface area contributed by atoms with E-state index >= 15 is 0 Å². The van der Waals surface area contributed by atoms with Gasteiger partial charge in [-0.05, 0) is 18.6 Å². The highest BCUT2D eigenvalue weighted by atomic mass is 16.5. The zero-order valence-corrected chi connectivity index (χ0v) is 11.1. The predicted octanol–water partition coefficient (Wildman–Crippen LogP) is 2.54. The molecule has 20 heavy (non-hydrogen) atoms. The van der Waals surface area contributed by atoms with E-state index in [9.17, 15) is 0 Å². The summed E-state index contributed by atoms with van der Waals surface area (Å²) in [6.07, 6.45) is 0.970. The molecule has 102 valence electrons. The second kappa shape index (κ2) is 6.38. The summed E-state index contributed by atoms with van der Waals surface area (Å²) in [4.78, 5) is 8.07. The molecule has 0 aliphatic rings. The van der Waals surface area contributed by atoms with Gasteiger partial charge in [-0.3, -0.25) is 0 Å². The SMILES string of the molecule is CCCNc1cc(Oc2ccccc2C#N)nc(N)n1. The predicted molar refractivity (Wildman–Crippen MR) is 76.5 cm³/mol. The van der Waals surface area contributed by atoms with E-state index in [1.54, 1.807) is 30.3 Å². The lowest BCUT2D eigenvalue weighted by atomic mass is 10.2. The molecule has 0 spiro atoms. The van der Waals surface area contributed by atoms with Gasteiger partial charge in [0, 0.05) is 12.6 Å². The minimum atomic E-state index is 0.121. The number of nitrogens with zero attached hydrogens (tertiary/aromatic N) is 3. The Hall–Kier alpha value is -2.81. The summed E-state index contributed by atoms with van der Waals surface area (Å²) in [5.74, 6) is 1.47. The molecule has 0 unspecified atom stereocenters. The second-order valence-corrected chi connectivity index (χ2v) is 4.09. The zero-order valence-electron chi connectivity index (χ0n) is 11.1. The number of aromatic nitrogens is 2. The van der Waals surface area contributed by atoms with E-state index in [0.717, 1.165) is 13.0 Å². The molecule has 0 radical (unpaired) electrons. The summed E-state index contributed by atoms with van der Waals surface area (Å²) in [5.41, 5.74) is 6.09. The lowest BCUT2D eigenvalue weighted by Crippen LogP contribution is -2.05. The van der Waals surface area contributed by atoms with Crippen LogP contribution in [0.4, 0.5) is 11.8 Å². The lowest BCUT2D eigenvalue weighted by Gasteiger charge is -2.09. The Morgan fingerprint density at radius 3 is 2.90 bits per heavy atom. The molecule has 0 atom stereocenters. The van der Waals surface area contributed by atoms with Crippen molar-refractivity contribution in [2.24, 2.45) is 0 Å². The van der Waals surface area contributed by atoms with Crippen molar-refractivity contribution in [3.63, 3.8) is 0 Å². The van der Waals surface area contributed by atoms with Gasteiger partial charge in [-0.25, -0.2) is 0 Å². The molecule has 1 aromatic carbocycles. The van der Waals surface area contributed by atoms with Gasteiger partial charge in [0.2, 0.25) is 11.8 Å². The van der Waals surface area contributed by atoms with E-state index < -0.39 is 0 Å². The summed E-state index contributed by atoms with van der Waals surface area (Å²) in [6.45, 7) is 2.84. The first-order chi connectivity index (χ1) is 9.72. The molecule has 0 aliphatic carbocycles. The number of hydrogen-bond donors (Lipinski definition) is 2. The average molecular weight is 269 g/mol. The Morgan fingerprint density at radius 2 is 2.15 bits per heavy atom. The smallest absolute Gasteiger partial charge is 0.226 e. The average Bonchev–Trinajstić information content (AvgIpc) is 2.45. The number of rotatable bonds is 5. The van der Waals surface area contributed by atoms with Crippen LogP contribution in [0.15, 0.2) is 30.3 Å². The molecule has 0 fully saturated rings. The second-order valence-electron chi connectivity index (χ2n) is 4.09. The molecular formula is C14H15N5O. The third-order valence-corrected chi connectivity index (χ3v) is 2.50. The maximum atomic E-state index is 9.02. The minimum absolute atomic E-state index is 0.121. The molecule has 0 saturated heterocycles. The molecule has 2 aromatic rings. The maximum absolute atomic E-state index is 9.02. The van der Waals surface area contributed by atoms with E-state index in [4.69, 9.17) is 15.7 Å². The van der Waals surface area contributed by atoms with Crippen LogP contribution in [0.5, 0.6) is 11.6 Å². The van der Waals surface area contributed by atoms with Gasteiger partial charge in [0.05, 0.1) is 5.56 Å². The van der Waals surface area contributed by atoms with E-state index in [0.29, 0.717) is 23.0 Å². The number of nitrogens with one attached hydrogen (secondary N) is 1.